The second-order valence-corrected chi connectivity index (χ2v) is 7.91. The Balaban J connectivity index is 1.72. The maximum atomic E-state index is 13.1. The van der Waals surface area contributed by atoms with Gasteiger partial charge in [-0.15, -0.1) is 11.8 Å². The topological polar surface area (TPSA) is 79.3 Å². The number of benzene rings is 1. The van der Waals surface area contributed by atoms with Gasteiger partial charge in [0.05, 0.1) is 36.9 Å². The zero-order valence-electron chi connectivity index (χ0n) is 16.8. The molecule has 2 amide bonds. The van der Waals surface area contributed by atoms with Crippen LogP contribution in [0.15, 0.2) is 29.2 Å². The van der Waals surface area contributed by atoms with Crippen molar-refractivity contribution < 1.29 is 24.2 Å². The largest absolute Gasteiger partial charge is 0.494 e. The van der Waals surface area contributed by atoms with Crippen molar-refractivity contribution in [3.63, 3.8) is 0 Å². The van der Waals surface area contributed by atoms with Crippen LogP contribution in [-0.4, -0.2) is 85.1 Å². The van der Waals surface area contributed by atoms with Gasteiger partial charge in [-0.2, -0.15) is 0 Å². The van der Waals surface area contributed by atoms with Crippen molar-refractivity contribution >= 4 is 29.1 Å². The molecule has 0 bridgehead atoms. The predicted molar refractivity (Wildman–Crippen MR) is 113 cm³/mol. The first-order chi connectivity index (χ1) is 14.2. The number of rotatable bonds is 10. The van der Waals surface area contributed by atoms with Gasteiger partial charge >= 0.3 is 0 Å². The van der Waals surface area contributed by atoms with E-state index in [1.165, 1.54) is 16.7 Å². The van der Waals surface area contributed by atoms with Crippen LogP contribution in [-0.2, 0) is 14.3 Å². The van der Waals surface area contributed by atoms with Crippen molar-refractivity contribution in [2.75, 3.05) is 58.4 Å². The smallest absolute Gasteiger partial charge is 0.267 e. The summed E-state index contributed by atoms with van der Waals surface area (Å²) in [5, 5.41) is 9.20. The van der Waals surface area contributed by atoms with Crippen molar-refractivity contribution in [2.45, 2.75) is 13.3 Å². The molecule has 1 fully saturated rings. The Hall–Kier alpha value is -1.87. The van der Waals surface area contributed by atoms with Crippen molar-refractivity contribution in [3.05, 3.63) is 34.7 Å². The molecule has 3 rings (SSSR count). The molecule has 8 heteroatoms. The number of morpholine rings is 1. The fourth-order valence-corrected chi connectivity index (χ4v) is 4.33. The van der Waals surface area contributed by atoms with Crippen LogP contribution in [0.3, 0.4) is 0 Å². The Labute approximate surface area is 175 Å². The second-order valence-electron chi connectivity index (χ2n) is 6.80. The lowest BCUT2D eigenvalue weighted by atomic mass is 10.1. The first kappa shape index (κ1) is 21.8. The number of ether oxygens (including phenoxy) is 2. The van der Waals surface area contributed by atoms with Crippen molar-refractivity contribution in [3.8, 4) is 5.75 Å². The molecule has 0 atom stereocenters. The van der Waals surface area contributed by atoms with Crippen molar-refractivity contribution in [1.82, 2.24) is 9.80 Å². The molecule has 2 aliphatic heterocycles. The summed E-state index contributed by atoms with van der Waals surface area (Å²) >= 11 is 1.24. The van der Waals surface area contributed by atoms with Crippen molar-refractivity contribution in [1.29, 1.82) is 0 Å². The summed E-state index contributed by atoms with van der Waals surface area (Å²) in [6.45, 7) is 6.87. The molecule has 0 aliphatic carbocycles. The highest BCUT2D eigenvalue weighted by atomic mass is 32.2. The lowest BCUT2D eigenvalue weighted by molar-refractivity contribution is -0.136. The van der Waals surface area contributed by atoms with Gasteiger partial charge in [-0.05, 0) is 31.0 Å². The van der Waals surface area contributed by atoms with Gasteiger partial charge < -0.3 is 14.6 Å². The summed E-state index contributed by atoms with van der Waals surface area (Å²) < 4.78 is 10.8. The Morgan fingerprint density at radius 1 is 1.10 bits per heavy atom. The average Bonchev–Trinajstić information content (AvgIpc) is 2.98. The van der Waals surface area contributed by atoms with Crippen LogP contribution < -0.4 is 4.74 Å². The number of aliphatic hydroxyl groups is 1. The zero-order chi connectivity index (χ0) is 20.6. The van der Waals surface area contributed by atoms with Crippen LogP contribution in [0.5, 0.6) is 5.75 Å². The van der Waals surface area contributed by atoms with E-state index in [0.717, 1.165) is 45.0 Å². The molecule has 2 aliphatic rings. The van der Waals surface area contributed by atoms with Gasteiger partial charge in [-0.1, -0.05) is 12.1 Å². The van der Waals surface area contributed by atoms with E-state index in [4.69, 9.17) is 9.47 Å². The summed E-state index contributed by atoms with van der Waals surface area (Å²) in [5.41, 5.74) is 1.12. The summed E-state index contributed by atoms with van der Waals surface area (Å²) in [4.78, 5) is 30.1. The first-order valence-corrected chi connectivity index (χ1v) is 11.0. The number of carbonyl (C=O) groups is 2. The molecule has 1 aromatic rings. The summed E-state index contributed by atoms with van der Waals surface area (Å²) in [7, 11) is 0. The summed E-state index contributed by atoms with van der Waals surface area (Å²) in [6.07, 6.45) is 0.728. The fourth-order valence-electron chi connectivity index (χ4n) is 3.45. The summed E-state index contributed by atoms with van der Waals surface area (Å²) in [6, 6.07) is 7.22. The zero-order valence-corrected chi connectivity index (χ0v) is 17.6. The molecule has 0 aromatic heterocycles. The normalized spacial score (nSPS) is 18.1. The molecular weight excluding hydrogens is 392 g/mol. The number of thioether (sulfide) groups is 1. The second kappa shape index (κ2) is 10.8. The molecule has 0 unspecified atom stereocenters. The monoisotopic (exact) mass is 420 g/mol. The maximum Gasteiger partial charge on any atom is 0.267 e. The molecule has 0 saturated carbocycles. The fraction of sp³-hybridized carbons (Fsp3) is 0.524. The van der Waals surface area contributed by atoms with Crippen LogP contribution in [0.1, 0.15) is 18.9 Å². The molecule has 1 N–H and O–H groups in total. The standard InChI is InChI=1S/C21H28N2O5S/c1-2-28-17-6-4-16(5-7-17)18-19(29-15-12-24)21(26)23(20(18)25)9-3-8-22-10-13-27-14-11-22/h4-7,24H,2-3,8-15H2,1H3. The Morgan fingerprint density at radius 3 is 2.48 bits per heavy atom. The number of nitrogens with zero attached hydrogens (tertiary/aromatic N) is 2. The minimum atomic E-state index is -0.265. The third kappa shape index (κ3) is 5.39. The van der Waals surface area contributed by atoms with Crippen molar-refractivity contribution in [2.24, 2.45) is 0 Å². The highest BCUT2D eigenvalue weighted by Crippen LogP contribution is 2.36. The Kier molecular flexibility index (Phi) is 8.11. The van der Waals surface area contributed by atoms with Gasteiger partial charge in [-0.3, -0.25) is 19.4 Å². The predicted octanol–water partition coefficient (Wildman–Crippen LogP) is 1.61. The molecule has 158 valence electrons. The van der Waals surface area contributed by atoms with E-state index >= 15 is 0 Å². The molecule has 1 aromatic carbocycles. The highest BCUT2D eigenvalue weighted by molar-refractivity contribution is 8.04. The number of hydrogen-bond donors (Lipinski definition) is 1. The third-order valence-electron chi connectivity index (χ3n) is 4.88. The van der Waals surface area contributed by atoms with Gasteiger partial charge in [-0.25, -0.2) is 0 Å². The minimum Gasteiger partial charge on any atom is -0.494 e. The van der Waals surface area contributed by atoms with Gasteiger partial charge in [0.15, 0.2) is 0 Å². The van der Waals surface area contributed by atoms with E-state index in [0.29, 0.717) is 34.9 Å². The maximum absolute atomic E-state index is 13.1. The van der Waals surface area contributed by atoms with Crippen LogP contribution in [0.25, 0.3) is 5.57 Å². The van der Waals surface area contributed by atoms with Gasteiger partial charge in [0.25, 0.3) is 11.8 Å². The lowest BCUT2D eigenvalue weighted by Gasteiger charge is -2.27. The number of amides is 2. The van der Waals surface area contributed by atoms with Gasteiger partial charge in [0.1, 0.15) is 5.75 Å². The van der Waals surface area contributed by atoms with Crippen LogP contribution in [0.2, 0.25) is 0 Å². The van der Waals surface area contributed by atoms with E-state index in [9.17, 15) is 14.7 Å². The summed E-state index contributed by atoms with van der Waals surface area (Å²) in [5.74, 6) is 0.567. The van der Waals surface area contributed by atoms with Gasteiger partial charge in [0.2, 0.25) is 0 Å². The Bertz CT molecular complexity index is 744. The minimum absolute atomic E-state index is 0.0524. The quantitative estimate of drug-likeness (QED) is 0.576. The molecular formula is C21H28N2O5S. The number of carbonyl (C=O) groups excluding carboxylic acids is 2. The number of aliphatic hydroxyl groups excluding tert-OH is 1. The third-order valence-corrected chi connectivity index (χ3v) is 5.93. The van der Waals surface area contributed by atoms with E-state index in [1.54, 1.807) is 12.1 Å². The lowest BCUT2D eigenvalue weighted by Crippen LogP contribution is -2.39. The first-order valence-electron chi connectivity index (χ1n) is 10.0. The number of imide groups is 1. The SMILES string of the molecule is CCOc1ccc(C2=C(SCCO)C(=O)N(CCCN3CCOCC3)C2=O)cc1. The Morgan fingerprint density at radius 2 is 1.83 bits per heavy atom. The van der Waals surface area contributed by atoms with E-state index in [-0.39, 0.29) is 18.4 Å². The molecule has 7 nitrogen and oxygen atoms in total. The van der Waals surface area contributed by atoms with E-state index in [1.807, 2.05) is 19.1 Å². The molecule has 0 radical (unpaired) electrons. The molecule has 2 heterocycles. The molecule has 29 heavy (non-hydrogen) atoms. The average molecular weight is 421 g/mol. The van der Waals surface area contributed by atoms with Gasteiger partial charge in [0, 0.05) is 31.9 Å². The molecule has 0 spiro atoms. The number of hydrogen-bond acceptors (Lipinski definition) is 7. The van der Waals surface area contributed by atoms with E-state index in [2.05, 4.69) is 4.90 Å². The van der Waals surface area contributed by atoms with E-state index < -0.39 is 0 Å². The van der Waals surface area contributed by atoms with Crippen LogP contribution in [0, 0.1) is 0 Å². The van der Waals surface area contributed by atoms with Crippen LogP contribution in [0.4, 0.5) is 0 Å². The highest BCUT2D eigenvalue weighted by Gasteiger charge is 2.38. The molecule has 1 saturated heterocycles. The van der Waals surface area contributed by atoms with Crippen LogP contribution >= 0.6 is 11.8 Å².